The number of ether oxygens (including phenoxy) is 1. The third-order valence-corrected chi connectivity index (χ3v) is 3.16. The summed E-state index contributed by atoms with van der Waals surface area (Å²) < 4.78 is 10.8. The van der Waals surface area contributed by atoms with Crippen LogP contribution in [0.3, 0.4) is 0 Å². The van der Waals surface area contributed by atoms with E-state index in [4.69, 9.17) is 9.15 Å². The van der Waals surface area contributed by atoms with Crippen molar-refractivity contribution in [1.82, 2.24) is 4.90 Å². The van der Waals surface area contributed by atoms with Crippen molar-refractivity contribution in [2.45, 2.75) is 12.8 Å². The lowest BCUT2D eigenvalue weighted by molar-refractivity contribution is 0.170. The highest BCUT2D eigenvalue weighted by Crippen LogP contribution is 2.26. The molecule has 0 fully saturated rings. The van der Waals surface area contributed by atoms with Gasteiger partial charge in [0.15, 0.2) is 0 Å². The zero-order valence-corrected chi connectivity index (χ0v) is 11.0. The molecule has 20 heavy (non-hydrogen) atoms. The minimum atomic E-state index is -0.376. The average Bonchev–Trinajstić information content (AvgIpc) is 3.02. The lowest BCUT2D eigenvalue weighted by Gasteiger charge is -2.26. The first-order chi connectivity index (χ1) is 9.84. The molecule has 1 aliphatic heterocycles. The van der Waals surface area contributed by atoms with E-state index >= 15 is 0 Å². The van der Waals surface area contributed by atoms with Gasteiger partial charge >= 0.3 is 6.09 Å². The number of carbonyl (C=O) groups excluding carboxylic acids is 1. The van der Waals surface area contributed by atoms with Crippen molar-refractivity contribution in [3.8, 4) is 5.75 Å². The van der Waals surface area contributed by atoms with Crippen molar-refractivity contribution >= 4 is 11.8 Å². The minimum absolute atomic E-state index is 0.376. The van der Waals surface area contributed by atoms with Gasteiger partial charge in [0.2, 0.25) is 0 Å². The highest BCUT2D eigenvalue weighted by molar-refractivity contribution is 5.82. The van der Waals surface area contributed by atoms with Crippen LogP contribution in [0.1, 0.15) is 18.6 Å². The molecule has 0 N–H and O–H groups in total. The van der Waals surface area contributed by atoms with Gasteiger partial charge in [-0.15, -0.1) is 0 Å². The Bertz CT molecular complexity index is 602. The Labute approximate surface area is 117 Å². The molecular formula is C16H15NO3. The maximum atomic E-state index is 12.3. The summed E-state index contributed by atoms with van der Waals surface area (Å²) in [5.74, 6) is 1.23. The molecule has 4 heteroatoms. The van der Waals surface area contributed by atoms with Gasteiger partial charge in [0.25, 0.3) is 0 Å². The molecule has 0 spiro atoms. The normalized spacial score (nSPS) is 14.8. The predicted molar refractivity (Wildman–Crippen MR) is 75.1 cm³/mol. The van der Waals surface area contributed by atoms with Gasteiger partial charge in [-0.2, -0.15) is 0 Å². The van der Waals surface area contributed by atoms with Crippen LogP contribution in [0.2, 0.25) is 0 Å². The molecule has 102 valence electrons. The second-order valence-corrected chi connectivity index (χ2v) is 4.54. The molecule has 0 saturated carbocycles. The second-order valence-electron chi connectivity index (χ2n) is 4.54. The average molecular weight is 269 g/mol. The van der Waals surface area contributed by atoms with Gasteiger partial charge < -0.3 is 9.15 Å². The Morgan fingerprint density at radius 3 is 2.75 bits per heavy atom. The predicted octanol–water partition coefficient (Wildman–Crippen LogP) is 3.92. The summed E-state index contributed by atoms with van der Waals surface area (Å²) >= 11 is 0. The van der Waals surface area contributed by atoms with Gasteiger partial charge in [0, 0.05) is 6.54 Å². The third kappa shape index (κ3) is 2.59. The highest BCUT2D eigenvalue weighted by Gasteiger charge is 2.25. The Hall–Kier alpha value is -2.49. The zero-order valence-electron chi connectivity index (χ0n) is 11.0. The van der Waals surface area contributed by atoms with Crippen molar-refractivity contribution in [2.24, 2.45) is 0 Å². The summed E-state index contributed by atoms with van der Waals surface area (Å²) in [6, 6.07) is 12.7. The first-order valence-corrected chi connectivity index (χ1v) is 6.63. The molecule has 4 nitrogen and oxygen atoms in total. The molecular weight excluding hydrogens is 254 g/mol. The van der Waals surface area contributed by atoms with Gasteiger partial charge in [-0.05, 0) is 37.1 Å². The molecule has 2 heterocycles. The van der Waals surface area contributed by atoms with E-state index < -0.39 is 0 Å². The molecule has 1 aromatic carbocycles. The summed E-state index contributed by atoms with van der Waals surface area (Å²) in [5.41, 5.74) is 0.780. The number of furan rings is 1. The van der Waals surface area contributed by atoms with Crippen LogP contribution >= 0.6 is 0 Å². The maximum absolute atomic E-state index is 12.3. The number of rotatable bonds is 2. The van der Waals surface area contributed by atoms with E-state index in [2.05, 4.69) is 0 Å². The number of hydrogen-bond acceptors (Lipinski definition) is 3. The lowest BCUT2D eigenvalue weighted by atomic mass is 10.1. The van der Waals surface area contributed by atoms with Crippen LogP contribution in [0, 0.1) is 0 Å². The number of benzene rings is 1. The molecule has 0 radical (unpaired) electrons. The molecule has 0 saturated heterocycles. The van der Waals surface area contributed by atoms with E-state index in [1.54, 1.807) is 23.3 Å². The number of carbonyl (C=O) groups is 1. The maximum Gasteiger partial charge on any atom is 0.419 e. The number of amides is 1. The van der Waals surface area contributed by atoms with E-state index in [1.165, 1.54) is 0 Å². The van der Waals surface area contributed by atoms with Crippen LogP contribution < -0.4 is 4.74 Å². The second kappa shape index (κ2) is 5.65. The van der Waals surface area contributed by atoms with Crippen LogP contribution in [-0.2, 0) is 0 Å². The molecule has 0 aliphatic carbocycles. The van der Waals surface area contributed by atoms with Crippen molar-refractivity contribution in [2.75, 3.05) is 6.54 Å². The molecule has 0 unspecified atom stereocenters. The molecule has 2 aromatic rings. The molecule has 0 atom stereocenters. The number of allylic oxidation sites excluding steroid dienone is 1. The number of nitrogens with zero attached hydrogens (tertiary/aromatic N) is 1. The van der Waals surface area contributed by atoms with E-state index in [-0.39, 0.29) is 6.09 Å². The smallest absolute Gasteiger partial charge is 0.419 e. The molecule has 0 bridgehead atoms. The van der Waals surface area contributed by atoms with Gasteiger partial charge in [-0.25, -0.2) is 4.79 Å². The quantitative estimate of drug-likeness (QED) is 0.830. The van der Waals surface area contributed by atoms with Gasteiger partial charge in [-0.3, -0.25) is 4.90 Å². The van der Waals surface area contributed by atoms with E-state index in [0.717, 1.165) is 18.5 Å². The fourth-order valence-electron chi connectivity index (χ4n) is 2.21. The van der Waals surface area contributed by atoms with Crippen LogP contribution in [0.5, 0.6) is 5.75 Å². The molecule has 1 amide bonds. The largest absolute Gasteiger partial charge is 0.463 e. The van der Waals surface area contributed by atoms with E-state index in [1.807, 2.05) is 36.4 Å². The minimum Gasteiger partial charge on any atom is -0.463 e. The molecule has 1 aliphatic rings. The first kappa shape index (κ1) is 12.5. The monoisotopic (exact) mass is 269 g/mol. The highest BCUT2D eigenvalue weighted by atomic mass is 16.6. The standard InChI is InChI=1S/C16H15NO3/c18-16(20-13-7-2-1-3-8-13)17-11-5-4-9-14(17)15-10-6-12-19-15/h1-3,6-10,12H,4-5,11H2. The Morgan fingerprint density at radius 2 is 2.00 bits per heavy atom. The van der Waals surface area contributed by atoms with Crippen LogP contribution in [0.25, 0.3) is 5.70 Å². The van der Waals surface area contributed by atoms with Gasteiger partial charge in [-0.1, -0.05) is 24.3 Å². The van der Waals surface area contributed by atoms with E-state index in [0.29, 0.717) is 18.1 Å². The lowest BCUT2D eigenvalue weighted by Crippen LogP contribution is -2.34. The topological polar surface area (TPSA) is 42.7 Å². The Balaban J connectivity index is 1.79. The van der Waals surface area contributed by atoms with Crippen molar-refractivity contribution in [3.63, 3.8) is 0 Å². The summed E-state index contributed by atoms with van der Waals surface area (Å²) in [4.78, 5) is 13.9. The van der Waals surface area contributed by atoms with Gasteiger partial charge in [0.1, 0.15) is 11.5 Å². The summed E-state index contributed by atoms with van der Waals surface area (Å²) in [7, 11) is 0. The van der Waals surface area contributed by atoms with Crippen LogP contribution in [0.4, 0.5) is 4.79 Å². The van der Waals surface area contributed by atoms with Crippen molar-refractivity contribution in [3.05, 3.63) is 60.6 Å². The number of para-hydroxylation sites is 1. The summed E-state index contributed by atoms with van der Waals surface area (Å²) in [6.45, 7) is 0.637. The fourth-order valence-corrected chi connectivity index (χ4v) is 2.21. The molecule has 3 rings (SSSR count). The third-order valence-electron chi connectivity index (χ3n) is 3.16. The van der Waals surface area contributed by atoms with Crippen LogP contribution in [0.15, 0.2) is 59.2 Å². The van der Waals surface area contributed by atoms with E-state index in [9.17, 15) is 4.79 Å². The zero-order chi connectivity index (χ0) is 13.8. The Kier molecular flexibility index (Phi) is 3.54. The first-order valence-electron chi connectivity index (χ1n) is 6.63. The number of hydrogen-bond donors (Lipinski definition) is 0. The summed E-state index contributed by atoms with van der Waals surface area (Å²) in [6.07, 6.45) is 5.10. The van der Waals surface area contributed by atoms with Crippen LogP contribution in [-0.4, -0.2) is 17.5 Å². The van der Waals surface area contributed by atoms with Crippen molar-refractivity contribution in [1.29, 1.82) is 0 Å². The van der Waals surface area contributed by atoms with Gasteiger partial charge in [0.05, 0.1) is 12.0 Å². The molecule has 1 aromatic heterocycles. The SMILES string of the molecule is O=C(Oc1ccccc1)N1CCCC=C1c1ccco1. The van der Waals surface area contributed by atoms with Crippen molar-refractivity contribution < 1.29 is 13.9 Å². The summed E-state index contributed by atoms with van der Waals surface area (Å²) in [5, 5.41) is 0. The Morgan fingerprint density at radius 1 is 1.15 bits per heavy atom. The fraction of sp³-hybridized carbons (Fsp3) is 0.188.